The van der Waals surface area contributed by atoms with Crippen molar-refractivity contribution in [3.05, 3.63) is 40.5 Å². The van der Waals surface area contributed by atoms with Crippen LogP contribution in [0.5, 0.6) is 0 Å². The van der Waals surface area contributed by atoms with Crippen LogP contribution in [0.1, 0.15) is 44.8 Å². The van der Waals surface area contributed by atoms with Crippen LogP contribution >= 0.6 is 15.9 Å². The molecule has 0 aliphatic heterocycles. The lowest BCUT2D eigenvalue weighted by molar-refractivity contribution is 0.163. The topological polar surface area (TPSA) is 33.1 Å². The summed E-state index contributed by atoms with van der Waals surface area (Å²) in [5.74, 6) is 0.687. The quantitative estimate of drug-likeness (QED) is 0.853. The van der Waals surface area contributed by atoms with Gasteiger partial charge in [0.25, 0.3) is 0 Å². The van der Waals surface area contributed by atoms with Crippen molar-refractivity contribution >= 4 is 26.8 Å². The highest BCUT2D eigenvalue weighted by Gasteiger charge is 2.13. The van der Waals surface area contributed by atoms with Gasteiger partial charge in [-0.3, -0.25) is 4.98 Å². The maximum atomic E-state index is 10.4. The molecule has 102 valence electrons. The molecule has 1 heterocycles. The molecule has 1 aromatic carbocycles. The average Bonchev–Trinajstić information content (AvgIpc) is 2.39. The van der Waals surface area contributed by atoms with Crippen molar-refractivity contribution in [3.8, 4) is 0 Å². The van der Waals surface area contributed by atoms with Gasteiger partial charge in [0.2, 0.25) is 0 Å². The van der Waals surface area contributed by atoms with Crippen molar-refractivity contribution in [2.45, 2.75) is 39.2 Å². The highest BCUT2D eigenvalue weighted by molar-refractivity contribution is 9.10. The Balaban J connectivity index is 2.22. The number of aliphatic hydroxyl groups is 1. The maximum absolute atomic E-state index is 10.4. The van der Waals surface area contributed by atoms with Crippen LogP contribution in [0.3, 0.4) is 0 Å². The van der Waals surface area contributed by atoms with Gasteiger partial charge in [0.15, 0.2) is 0 Å². The molecule has 0 aliphatic rings. The summed E-state index contributed by atoms with van der Waals surface area (Å²) in [7, 11) is 0. The fourth-order valence-electron chi connectivity index (χ4n) is 2.30. The number of pyridine rings is 1. The zero-order valence-electron chi connectivity index (χ0n) is 11.4. The van der Waals surface area contributed by atoms with Gasteiger partial charge < -0.3 is 5.11 Å². The lowest BCUT2D eigenvalue weighted by atomic mass is 9.98. The highest BCUT2D eigenvalue weighted by atomic mass is 79.9. The van der Waals surface area contributed by atoms with Gasteiger partial charge in [-0.2, -0.15) is 0 Å². The van der Waals surface area contributed by atoms with Gasteiger partial charge in [0.1, 0.15) is 0 Å². The highest BCUT2D eigenvalue weighted by Crippen LogP contribution is 2.30. The van der Waals surface area contributed by atoms with E-state index < -0.39 is 6.10 Å². The van der Waals surface area contributed by atoms with Crippen LogP contribution in [0.25, 0.3) is 10.9 Å². The molecule has 2 nitrogen and oxygen atoms in total. The fraction of sp³-hybridized carbons (Fsp3) is 0.438. The molecule has 0 aliphatic carbocycles. The third-order valence-electron chi connectivity index (χ3n) is 3.37. The van der Waals surface area contributed by atoms with Gasteiger partial charge in [-0.05, 0) is 24.5 Å². The van der Waals surface area contributed by atoms with E-state index in [1.54, 1.807) is 6.20 Å². The minimum atomic E-state index is -0.427. The largest absolute Gasteiger partial charge is 0.388 e. The van der Waals surface area contributed by atoms with Crippen LogP contribution < -0.4 is 0 Å². The summed E-state index contributed by atoms with van der Waals surface area (Å²) >= 11 is 3.53. The molecule has 0 saturated carbocycles. The molecule has 0 bridgehead atoms. The minimum Gasteiger partial charge on any atom is -0.388 e. The van der Waals surface area contributed by atoms with Crippen molar-refractivity contribution in [2.24, 2.45) is 5.92 Å². The van der Waals surface area contributed by atoms with Crippen molar-refractivity contribution in [2.75, 3.05) is 0 Å². The SMILES string of the molecule is CC(C)CCCC(O)c1ccc(Br)c2cccnc12. The number of nitrogens with zero attached hydrogens (tertiary/aromatic N) is 1. The summed E-state index contributed by atoms with van der Waals surface area (Å²) in [5, 5.41) is 11.4. The summed E-state index contributed by atoms with van der Waals surface area (Å²) in [6.07, 6.45) is 4.34. The van der Waals surface area contributed by atoms with Crippen LogP contribution in [-0.4, -0.2) is 10.1 Å². The number of fused-ring (bicyclic) bond motifs is 1. The third kappa shape index (κ3) is 3.54. The molecule has 2 aromatic rings. The Kier molecular flexibility index (Phi) is 4.94. The summed E-state index contributed by atoms with van der Waals surface area (Å²) in [4.78, 5) is 4.42. The van der Waals surface area contributed by atoms with E-state index in [0.717, 1.165) is 40.2 Å². The van der Waals surface area contributed by atoms with Crippen molar-refractivity contribution in [1.82, 2.24) is 4.98 Å². The smallest absolute Gasteiger partial charge is 0.0811 e. The molecular formula is C16H20BrNO. The van der Waals surface area contributed by atoms with E-state index >= 15 is 0 Å². The second kappa shape index (κ2) is 6.49. The van der Waals surface area contributed by atoms with E-state index in [-0.39, 0.29) is 0 Å². The first-order chi connectivity index (χ1) is 9.09. The number of halogens is 1. The monoisotopic (exact) mass is 321 g/mol. The van der Waals surface area contributed by atoms with E-state index in [1.165, 1.54) is 0 Å². The Morgan fingerprint density at radius 1 is 1.21 bits per heavy atom. The van der Waals surface area contributed by atoms with E-state index in [1.807, 2.05) is 24.3 Å². The predicted octanol–water partition coefficient (Wildman–Crippen LogP) is 4.86. The van der Waals surface area contributed by atoms with E-state index in [2.05, 4.69) is 34.8 Å². The van der Waals surface area contributed by atoms with Crippen molar-refractivity contribution < 1.29 is 5.11 Å². The molecule has 0 saturated heterocycles. The van der Waals surface area contributed by atoms with Crippen LogP contribution in [0, 0.1) is 5.92 Å². The first-order valence-corrected chi connectivity index (χ1v) is 7.60. The first kappa shape index (κ1) is 14.5. The van der Waals surface area contributed by atoms with Gasteiger partial charge in [-0.25, -0.2) is 0 Å². The summed E-state index contributed by atoms with van der Waals surface area (Å²) in [6, 6.07) is 7.91. The fourth-order valence-corrected chi connectivity index (χ4v) is 2.76. The summed E-state index contributed by atoms with van der Waals surface area (Å²) < 4.78 is 1.02. The molecule has 3 heteroatoms. The molecule has 1 N–H and O–H groups in total. The summed E-state index contributed by atoms with van der Waals surface area (Å²) in [5.41, 5.74) is 1.83. The average molecular weight is 322 g/mol. The van der Waals surface area contributed by atoms with Gasteiger partial charge in [-0.15, -0.1) is 0 Å². The molecular weight excluding hydrogens is 302 g/mol. The van der Waals surface area contributed by atoms with Gasteiger partial charge in [0.05, 0.1) is 11.6 Å². The molecule has 1 unspecified atom stereocenters. The standard InChI is InChI=1S/C16H20BrNO/c1-11(2)5-3-7-15(19)13-8-9-14(17)12-6-4-10-18-16(12)13/h4,6,8-11,15,19H,3,5,7H2,1-2H3. The molecule has 19 heavy (non-hydrogen) atoms. The molecule has 0 amide bonds. The number of hydrogen-bond donors (Lipinski definition) is 1. The Morgan fingerprint density at radius 2 is 2.00 bits per heavy atom. The predicted molar refractivity (Wildman–Crippen MR) is 83.1 cm³/mol. The lowest BCUT2D eigenvalue weighted by Crippen LogP contribution is -2.01. The second-order valence-corrected chi connectivity index (χ2v) is 6.23. The zero-order valence-corrected chi connectivity index (χ0v) is 13.0. The molecule has 1 atom stereocenters. The van der Waals surface area contributed by atoms with Crippen LogP contribution in [0.15, 0.2) is 34.9 Å². The Morgan fingerprint density at radius 3 is 2.74 bits per heavy atom. The number of benzene rings is 1. The zero-order chi connectivity index (χ0) is 13.8. The van der Waals surface area contributed by atoms with Crippen LogP contribution in [0.4, 0.5) is 0 Å². The van der Waals surface area contributed by atoms with E-state index in [9.17, 15) is 5.11 Å². The Labute approximate surface area is 123 Å². The van der Waals surface area contributed by atoms with Crippen LogP contribution in [0.2, 0.25) is 0 Å². The molecule has 0 spiro atoms. The van der Waals surface area contributed by atoms with Gasteiger partial charge in [-0.1, -0.05) is 54.8 Å². The number of hydrogen-bond acceptors (Lipinski definition) is 2. The molecule has 0 radical (unpaired) electrons. The maximum Gasteiger partial charge on any atom is 0.0811 e. The number of aliphatic hydroxyl groups excluding tert-OH is 1. The van der Waals surface area contributed by atoms with Gasteiger partial charge in [0, 0.05) is 21.6 Å². The second-order valence-electron chi connectivity index (χ2n) is 5.38. The molecule has 1 aromatic heterocycles. The Bertz CT molecular complexity index is 553. The molecule has 2 rings (SSSR count). The lowest BCUT2D eigenvalue weighted by Gasteiger charge is -2.14. The summed E-state index contributed by atoms with van der Waals surface area (Å²) in [6.45, 7) is 4.42. The van der Waals surface area contributed by atoms with Crippen LogP contribution in [-0.2, 0) is 0 Å². The third-order valence-corrected chi connectivity index (χ3v) is 4.06. The number of aromatic nitrogens is 1. The minimum absolute atomic E-state index is 0.427. The van der Waals surface area contributed by atoms with Crippen molar-refractivity contribution in [1.29, 1.82) is 0 Å². The number of rotatable bonds is 5. The van der Waals surface area contributed by atoms with Gasteiger partial charge >= 0.3 is 0 Å². The van der Waals surface area contributed by atoms with Crippen molar-refractivity contribution in [3.63, 3.8) is 0 Å². The Hall–Kier alpha value is -0.930. The molecule has 0 fully saturated rings. The first-order valence-electron chi connectivity index (χ1n) is 6.80. The van der Waals surface area contributed by atoms with E-state index in [4.69, 9.17) is 0 Å². The van der Waals surface area contributed by atoms with E-state index in [0.29, 0.717) is 5.92 Å². The normalized spacial score (nSPS) is 13.1.